The Morgan fingerprint density at radius 3 is 2.57 bits per heavy atom. The van der Waals surface area contributed by atoms with Crippen LogP contribution >= 0.6 is 0 Å². The zero-order valence-corrected chi connectivity index (χ0v) is 14.4. The zero-order valence-electron chi connectivity index (χ0n) is 14.4. The van der Waals surface area contributed by atoms with Gasteiger partial charge in [0, 0.05) is 6.04 Å². The molecule has 0 bridgehead atoms. The Bertz CT molecular complexity index is 593. The quantitative estimate of drug-likeness (QED) is 0.629. The lowest BCUT2D eigenvalue weighted by Crippen LogP contribution is -2.26. The summed E-state index contributed by atoms with van der Waals surface area (Å²) in [6.45, 7) is 2.29. The summed E-state index contributed by atoms with van der Waals surface area (Å²) < 4.78 is 0. The Kier molecular flexibility index (Phi) is 7.57. The summed E-state index contributed by atoms with van der Waals surface area (Å²) >= 11 is 0. The summed E-state index contributed by atoms with van der Waals surface area (Å²) in [7, 11) is 0. The van der Waals surface area contributed by atoms with E-state index in [2.05, 4.69) is 43.3 Å². The molecule has 126 valence electrons. The van der Waals surface area contributed by atoms with E-state index in [1.165, 1.54) is 66.8 Å². The number of hydrogen-bond donors (Lipinski definition) is 2. The van der Waals surface area contributed by atoms with Crippen LogP contribution < -0.4 is 5.73 Å². The number of hydrogen-bond acceptors (Lipinski definition) is 2. The fourth-order valence-corrected chi connectivity index (χ4v) is 3.19. The SMILES string of the molecule is CCCCCCCCc1ccc2c(CC(N)CO)cccc2c1. The summed E-state index contributed by atoms with van der Waals surface area (Å²) in [6, 6.07) is 13.0. The van der Waals surface area contributed by atoms with Gasteiger partial charge in [0.2, 0.25) is 0 Å². The molecule has 0 radical (unpaired) electrons. The van der Waals surface area contributed by atoms with Crippen molar-refractivity contribution < 1.29 is 5.11 Å². The van der Waals surface area contributed by atoms with Gasteiger partial charge in [0.05, 0.1) is 6.61 Å². The zero-order chi connectivity index (χ0) is 16.5. The van der Waals surface area contributed by atoms with Crippen molar-refractivity contribution >= 4 is 10.8 Å². The standard InChI is InChI=1S/C21H31NO/c1-2-3-4-5-6-7-9-17-12-13-21-18(14-17)10-8-11-19(21)15-20(22)16-23/h8,10-14,20,23H,2-7,9,15-16,22H2,1H3. The van der Waals surface area contributed by atoms with Crippen LogP contribution in [0.1, 0.15) is 56.6 Å². The second kappa shape index (κ2) is 9.69. The molecule has 0 spiro atoms. The van der Waals surface area contributed by atoms with Crippen LogP contribution in [-0.2, 0) is 12.8 Å². The normalized spacial score (nSPS) is 12.7. The molecule has 0 saturated heterocycles. The highest BCUT2D eigenvalue weighted by Gasteiger charge is 2.06. The molecule has 0 amide bonds. The third-order valence-electron chi connectivity index (χ3n) is 4.57. The number of fused-ring (bicyclic) bond motifs is 1. The van der Waals surface area contributed by atoms with Crippen molar-refractivity contribution in [3.05, 3.63) is 47.5 Å². The molecule has 3 N–H and O–H groups in total. The number of nitrogens with two attached hydrogens (primary N) is 1. The third kappa shape index (κ3) is 5.63. The lowest BCUT2D eigenvalue weighted by Gasteiger charge is -2.12. The Hall–Kier alpha value is -1.38. The van der Waals surface area contributed by atoms with Gasteiger partial charge in [-0.3, -0.25) is 0 Å². The summed E-state index contributed by atoms with van der Waals surface area (Å²) in [5.41, 5.74) is 8.55. The molecule has 0 aliphatic rings. The van der Waals surface area contributed by atoms with E-state index in [0.29, 0.717) is 0 Å². The Morgan fingerprint density at radius 1 is 1.00 bits per heavy atom. The van der Waals surface area contributed by atoms with Gasteiger partial charge in [-0.05, 0) is 41.2 Å². The van der Waals surface area contributed by atoms with Crippen LogP contribution in [0.4, 0.5) is 0 Å². The molecule has 1 unspecified atom stereocenters. The molecule has 0 fully saturated rings. The Balaban J connectivity index is 1.96. The van der Waals surface area contributed by atoms with Crippen LogP contribution in [0.5, 0.6) is 0 Å². The molecule has 0 aromatic heterocycles. The van der Waals surface area contributed by atoms with Gasteiger partial charge in [-0.15, -0.1) is 0 Å². The molecule has 0 heterocycles. The lowest BCUT2D eigenvalue weighted by atomic mass is 9.96. The van der Waals surface area contributed by atoms with Gasteiger partial charge < -0.3 is 10.8 Å². The maximum absolute atomic E-state index is 9.16. The average molecular weight is 313 g/mol. The maximum atomic E-state index is 9.16. The minimum absolute atomic E-state index is 0.0342. The molecule has 2 nitrogen and oxygen atoms in total. The smallest absolute Gasteiger partial charge is 0.0585 e. The number of aryl methyl sites for hydroxylation is 1. The van der Waals surface area contributed by atoms with Gasteiger partial charge in [0.25, 0.3) is 0 Å². The fourth-order valence-electron chi connectivity index (χ4n) is 3.19. The summed E-state index contributed by atoms with van der Waals surface area (Å²) in [5.74, 6) is 0. The van der Waals surface area contributed by atoms with E-state index in [-0.39, 0.29) is 12.6 Å². The first-order valence-corrected chi connectivity index (χ1v) is 9.11. The van der Waals surface area contributed by atoms with Crippen LogP contribution in [0.25, 0.3) is 10.8 Å². The van der Waals surface area contributed by atoms with Crippen LogP contribution in [0.2, 0.25) is 0 Å². The summed E-state index contributed by atoms with van der Waals surface area (Å²) in [4.78, 5) is 0. The van der Waals surface area contributed by atoms with Crippen LogP contribution in [0.15, 0.2) is 36.4 Å². The van der Waals surface area contributed by atoms with Crippen molar-refractivity contribution in [2.45, 2.75) is 64.3 Å². The van der Waals surface area contributed by atoms with Crippen molar-refractivity contribution in [3.8, 4) is 0 Å². The number of rotatable bonds is 10. The van der Waals surface area contributed by atoms with Crippen molar-refractivity contribution in [2.24, 2.45) is 5.73 Å². The maximum Gasteiger partial charge on any atom is 0.0585 e. The summed E-state index contributed by atoms with van der Waals surface area (Å²) in [6.07, 6.45) is 9.94. The molecule has 23 heavy (non-hydrogen) atoms. The first-order valence-electron chi connectivity index (χ1n) is 9.11. The van der Waals surface area contributed by atoms with E-state index in [0.717, 1.165) is 6.42 Å². The molecular weight excluding hydrogens is 282 g/mol. The molecule has 2 heteroatoms. The summed E-state index contributed by atoms with van der Waals surface area (Å²) in [5, 5.41) is 11.7. The van der Waals surface area contributed by atoms with Crippen molar-refractivity contribution in [3.63, 3.8) is 0 Å². The molecular formula is C21H31NO. The molecule has 2 aromatic carbocycles. The topological polar surface area (TPSA) is 46.2 Å². The molecule has 0 saturated carbocycles. The Morgan fingerprint density at radius 2 is 1.78 bits per heavy atom. The van der Waals surface area contributed by atoms with Gasteiger partial charge >= 0.3 is 0 Å². The third-order valence-corrected chi connectivity index (χ3v) is 4.57. The van der Waals surface area contributed by atoms with Crippen LogP contribution in [0, 0.1) is 0 Å². The Labute approximate surface area is 140 Å². The molecule has 2 aromatic rings. The monoisotopic (exact) mass is 313 g/mol. The second-order valence-electron chi connectivity index (χ2n) is 6.64. The molecule has 2 rings (SSSR count). The first-order chi connectivity index (χ1) is 11.2. The fraction of sp³-hybridized carbons (Fsp3) is 0.524. The van der Waals surface area contributed by atoms with E-state index in [1.807, 2.05) is 0 Å². The minimum atomic E-state index is -0.177. The average Bonchev–Trinajstić information content (AvgIpc) is 2.58. The van der Waals surface area contributed by atoms with Gasteiger partial charge in [-0.25, -0.2) is 0 Å². The van der Waals surface area contributed by atoms with Crippen molar-refractivity contribution in [1.29, 1.82) is 0 Å². The largest absolute Gasteiger partial charge is 0.395 e. The number of benzene rings is 2. The number of unbranched alkanes of at least 4 members (excludes halogenated alkanes) is 5. The van der Waals surface area contributed by atoms with Gasteiger partial charge in [-0.2, -0.15) is 0 Å². The number of aliphatic hydroxyl groups excluding tert-OH is 1. The van der Waals surface area contributed by atoms with E-state index in [1.54, 1.807) is 0 Å². The van der Waals surface area contributed by atoms with Crippen LogP contribution in [-0.4, -0.2) is 17.8 Å². The second-order valence-corrected chi connectivity index (χ2v) is 6.64. The van der Waals surface area contributed by atoms with E-state index < -0.39 is 0 Å². The highest BCUT2D eigenvalue weighted by atomic mass is 16.3. The molecule has 1 atom stereocenters. The lowest BCUT2D eigenvalue weighted by molar-refractivity contribution is 0.265. The predicted octanol–water partition coefficient (Wildman–Crippen LogP) is 4.60. The minimum Gasteiger partial charge on any atom is -0.395 e. The van der Waals surface area contributed by atoms with E-state index in [9.17, 15) is 0 Å². The van der Waals surface area contributed by atoms with Gasteiger partial charge in [0.15, 0.2) is 0 Å². The van der Waals surface area contributed by atoms with E-state index >= 15 is 0 Å². The first kappa shape index (κ1) is 18.0. The van der Waals surface area contributed by atoms with E-state index in [4.69, 9.17) is 10.8 Å². The van der Waals surface area contributed by atoms with Crippen molar-refractivity contribution in [1.82, 2.24) is 0 Å². The predicted molar refractivity (Wildman–Crippen MR) is 99.8 cm³/mol. The van der Waals surface area contributed by atoms with Gasteiger partial charge in [0.1, 0.15) is 0 Å². The highest BCUT2D eigenvalue weighted by molar-refractivity contribution is 5.86. The number of aliphatic hydroxyl groups is 1. The van der Waals surface area contributed by atoms with Crippen molar-refractivity contribution in [2.75, 3.05) is 6.61 Å². The highest BCUT2D eigenvalue weighted by Crippen LogP contribution is 2.22. The molecule has 0 aliphatic heterocycles. The van der Waals surface area contributed by atoms with Gasteiger partial charge in [-0.1, -0.05) is 75.4 Å². The van der Waals surface area contributed by atoms with Crippen LogP contribution in [0.3, 0.4) is 0 Å². The molecule has 0 aliphatic carbocycles.